The summed E-state index contributed by atoms with van der Waals surface area (Å²) in [5.41, 5.74) is 1.25. The van der Waals surface area contributed by atoms with Gasteiger partial charge >= 0.3 is 5.97 Å². The quantitative estimate of drug-likeness (QED) is 0.557. The molecule has 1 atom stereocenters. The van der Waals surface area contributed by atoms with Crippen molar-refractivity contribution in [3.63, 3.8) is 0 Å². The van der Waals surface area contributed by atoms with E-state index in [1.54, 1.807) is 0 Å². The van der Waals surface area contributed by atoms with E-state index >= 15 is 0 Å². The Kier molecular flexibility index (Phi) is 7.73. The summed E-state index contributed by atoms with van der Waals surface area (Å²) in [4.78, 5) is 10.9. The summed E-state index contributed by atoms with van der Waals surface area (Å²) in [6, 6.07) is 8.43. The van der Waals surface area contributed by atoms with Gasteiger partial charge in [-0.05, 0) is 44.0 Å². The fourth-order valence-electron chi connectivity index (χ4n) is 1.84. The Balaban J connectivity index is 2.33. The number of hydrogen-bond donors (Lipinski definition) is 1. The van der Waals surface area contributed by atoms with Crippen molar-refractivity contribution in [3.8, 4) is 5.75 Å². The maximum absolute atomic E-state index is 10.9. The van der Waals surface area contributed by atoms with E-state index in [-0.39, 0.29) is 5.97 Å². The first-order valence-electron chi connectivity index (χ1n) is 7.20. The Bertz CT molecular complexity index is 389. The van der Waals surface area contributed by atoms with Gasteiger partial charge in [0.15, 0.2) is 0 Å². The first kappa shape index (κ1) is 16.5. The molecular weight excluding hydrogens is 254 g/mol. The van der Waals surface area contributed by atoms with Crippen molar-refractivity contribution >= 4 is 5.97 Å². The molecule has 0 saturated carbocycles. The predicted molar refractivity (Wildman–Crippen MR) is 79.9 cm³/mol. The molecule has 0 aliphatic rings. The van der Waals surface area contributed by atoms with E-state index in [0.717, 1.165) is 18.7 Å². The Labute approximate surface area is 121 Å². The molecule has 112 valence electrons. The number of benzene rings is 1. The highest BCUT2D eigenvalue weighted by atomic mass is 16.5. The number of rotatable bonds is 9. The zero-order chi connectivity index (χ0) is 14.8. The lowest BCUT2D eigenvalue weighted by Crippen LogP contribution is -2.19. The van der Waals surface area contributed by atoms with Gasteiger partial charge in [0.05, 0.1) is 13.7 Å². The maximum atomic E-state index is 10.9. The molecule has 0 amide bonds. The van der Waals surface area contributed by atoms with E-state index in [9.17, 15) is 4.79 Å². The lowest BCUT2D eigenvalue weighted by molar-refractivity contribution is -0.140. The highest BCUT2D eigenvalue weighted by molar-refractivity contribution is 5.69. The van der Waals surface area contributed by atoms with Crippen LogP contribution in [0.1, 0.15) is 44.7 Å². The topological polar surface area (TPSA) is 47.6 Å². The predicted octanol–water partition coefficient (Wildman–Crippen LogP) is 3.08. The van der Waals surface area contributed by atoms with E-state index in [0.29, 0.717) is 25.5 Å². The van der Waals surface area contributed by atoms with Gasteiger partial charge in [0.25, 0.3) is 0 Å². The highest BCUT2D eigenvalue weighted by Crippen LogP contribution is 2.17. The van der Waals surface area contributed by atoms with Crippen molar-refractivity contribution < 1.29 is 14.3 Å². The molecule has 0 heterocycles. The van der Waals surface area contributed by atoms with Crippen LogP contribution >= 0.6 is 0 Å². The molecule has 4 heteroatoms. The third kappa shape index (κ3) is 6.06. The van der Waals surface area contributed by atoms with Gasteiger partial charge in [-0.3, -0.25) is 4.79 Å². The normalized spacial score (nSPS) is 11.9. The molecule has 0 spiro atoms. The van der Waals surface area contributed by atoms with Crippen LogP contribution < -0.4 is 10.1 Å². The molecule has 4 nitrogen and oxygen atoms in total. The summed E-state index contributed by atoms with van der Waals surface area (Å²) in [5.74, 6) is 0.640. The van der Waals surface area contributed by atoms with Crippen LogP contribution in [0.2, 0.25) is 0 Å². The summed E-state index contributed by atoms with van der Waals surface area (Å²) in [5, 5.41) is 3.45. The molecule has 0 aliphatic carbocycles. The van der Waals surface area contributed by atoms with E-state index < -0.39 is 0 Å². The summed E-state index contributed by atoms with van der Waals surface area (Å²) in [7, 11) is 1.40. The van der Waals surface area contributed by atoms with Crippen LogP contribution in [0.3, 0.4) is 0 Å². The number of hydrogen-bond acceptors (Lipinski definition) is 4. The van der Waals surface area contributed by atoms with Gasteiger partial charge in [0.1, 0.15) is 5.75 Å². The van der Waals surface area contributed by atoms with Crippen molar-refractivity contribution in [1.82, 2.24) is 5.32 Å². The van der Waals surface area contributed by atoms with Gasteiger partial charge in [0.2, 0.25) is 0 Å². The number of methoxy groups -OCH3 is 1. The molecule has 0 aromatic heterocycles. The highest BCUT2D eigenvalue weighted by Gasteiger charge is 2.04. The fourth-order valence-corrected chi connectivity index (χ4v) is 1.84. The average molecular weight is 279 g/mol. The monoisotopic (exact) mass is 279 g/mol. The summed E-state index contributed by atoms with van der Waals surface area (Å²) in [6.07, 6.45) is 2.20. The minimum Gasteiger partial charge on any atom is -0.494 e. The number of carbonyl (C=O) groups is 1. The number of ether oxygens (including phenoxy) is 2. The van der Waals surface area contributed by atoms with Crippen molar-refractivity contribution in [1.29, 1.82) is 0 Å². The van der Waals surface area contributed by atoms with E-state index in [1.807, 2.05) is 12.1 Å². The van der Waals surface area contributed by atoms with Crippen LogP contribution in [-0.2, 0) is 9.53 Å². The molecule has 1 N–H and O–H groups in total. The maximum Gasteiger partial charge on any atom is 0.305 e. The first-order chi connectivity index (χ1) is 9.67. The summed E-state index contributed by atoms with van der Waals surface area (Å²) < 4.78 is 10.2. The first-order valence-corrected chi connectivity index (χ1v) is 7.20. The molecule has 1 aromatic carbocycles. The number of esters is 1. The Morgan fingerprint density at radius 3 is 2.60 bits per heavy atom. The molecule has 0 radical (unpaired) electrons. The fraction of sp³-hybridized carbons (Fsp3) is 0.562. The SMILES string of the molecule is CCCNC(C)c1ccc(OCCCC(=O)OC)cc1. The molecule has 0 fully saturated rings. The van der Waals surface area contributed by atoms with Crippen LogP contribution in [0.5, 0.6) is 5.75 Å². The molecule has 1 aromatic rings. The molecule has 1 rings (SSSR count). The Morgan fingerprint density at radius 2 is 2.00 bits per heavy atom. The van der Waals surface area contributed by atoms with Crippen LogP contribution in [0.25, 0.3) is 0 Å². The molecule has 0 saturated heterocycles. The Morgan fingerprint density at radius 1 is 1.30 bits per heavy atom. The van der Waals surface area contributed by atoms with Gasteiger partial charge in [-0.25, -0.2) is 0 Å². The minimum atomic E-state index is -0.195. The van der Waals surface area contributed by atoms with E-state index in [2.05, 4.69) is 36.0 Å². The minimum absolute atomic E-state index is 0.195. The lowest BCUT2D eigenvalue weighted by Gasteiger charge is -2.14. The van der Waals surface area contributed by atoms with E-state index in [4.69, 9.17) is 4.74 Å². The van der Waals surface area contributed by atoms with Gasteiger partial charge in [-0.1, -0.05) is 19.1 Å². The zero-order valence-corrected chi connectivity index (χ0v) is 12.6. The van der Waals surface area contributed by atoms with Crippen molar-refractivity contribution in [2.75, 3.05) is 20.3 Å². The second-order valence-electron chi connectivity index (χ2n) is 4.77. The van der Waals surface area contributed by atoms with Crippen LogP contribution in [0.4, 0.5) is 0 Å². The zero-order valence-electron chi connectivity index (χ0n) is 12.6. The van der Waals surface area contributed by atoms with Crippen molar-refractivity contribution in [2.45, 2.75) is 39.2 Å². The summed E-state index contributed by atoms with van der Waals surface area (Å²) in [6.45, 7) is 5.86. The number of nitrogens with one attached hydrogen (secondary N) is 1. The largest absolute Gasteiger partial charge is 0.494 e. The van der Waals surface area contributed by atoms with Gasteiger partial charge < -0.3 is 14.8 Å². The second-order valence-corrected chi connectivity index (χ2v) is 4.77. The second kappa shape index (κ2) is 9.37. The number of carbonyl (C=O) groups excluding carboxylic acids is 1. The van der Waals surface area contributed by atoms with Crippen LogP contribution in [0, 0.1) is 0 Å². The van der Waals surface area contributed by atoms with Crippen molar-refractivity contribution in [2.24, 2.45) is 0 Å². The van der Waals surface area contributed by atoms with E-state index in [1.165, 1.54) is 12.7 Å². The molecular formula is C16H25NO3. The molecule has 1 unspecified atom stereocenters. The molecule has 0 aliphatic heterocycles. The van der Waals surface area contributed by atoms with Gasteiger partial charge in [-0.15, -0.1) is 0 Å². The van der Waals surface area contributed by atoms with Crippen LogP contribution in [0.15, 0.2) is 24.3 Å². The summed E-state index contributed by atoms with van der Waals surface area (Å²) >= 11 is 0. The van der Waals surface area contributed by atoms with Crippen molar-refractivity contribution in [3.05, 3.63) is 29.8 Å². The lowest BCUT2D eigenvalue weighted by atomic mass is 10.1. The Hall–Kier alpha value is -1.55. The smallest absolute Gasteiger partial charge is 0.305 e. The molecule has 0 bridgehead atoms. The standard InChI is InChI=1S/C16H25NO3/c1-4-11-17-13(2)14-7-9-15(10-8-14)20-12-5-6-16(18)19-3/h7-10,13,17H,4-6,11-12H2,1-3H3. The average Bonchev–Trinajstić information content (AvgIpc) is 2.49. The third-order valence-corrected chi connectivity index (χ3v) is 3.10. The van der Waals surface area contributed by atoms with Crippen LogP contribution in [-0.4, -0.2) is 26.2 Å². The molecule has 20 heavy (non-hydrogen) atoms. The van der Waals surface area contributed by atoms with Gasteiger partial charge in [-0.2, -0.15) is 0 Å². The third-order valence-electron chi connectivity index (χ3n) is 3.10. The van der Waals surface area contributed by atoms with Gasteiger partial charge in [0, 0.05) is 12.5 Å².